The molecular formula is C75H92. The van der Waals surface area contributed by atoms with Crippen molar-refractivity contribution >= 4 is 16.7 Å². The van der Waals surface area contributed by atoms with E-state index < -0.39 is 0 Å². The zero-order valence-corrected chi connectivity index (χ0v) is 48.2. The summed E-state index contributed by atoms with van der Waals surface area (Å²) in [5, 5.41) is 0. The van der Waals surface area contributed by atoms with Crippen molar-refractivity contribution in [2.24, 2.45) is 5.92 Å². The van der Waals surface area contributed by atoms with Crippen LogP contribution in [0.25, 0.3) is 39.0 Å². The number of fused-ring (bicyclic) bond motifs is 8. The van der Waals surface area contributed by atoms with Gasteiger partial charge in [-0.2, -0.15) is 0 Å². The highest BCUT2D eigenvalue weighted by Gasteiger charge is 2.30. The van der Waals surface area contributed by atoms with Gasteiger partial charge in [-0.15, -0.1) is 26.0 Å². The van der Waals surface area contributed by atoms with Gasteiger partial charge in [0.15, 0.2) is 0 Å². The van der Waals surface area contributed by atoms with Crippen LogP contribution in [0.5, 0.6) is 0 Å². The van der Waals surface area contributed by atoms with Crippen LogP contribution in [0, 0.1) is 18.8 Å². The van der Waals surface area contributed by atoms with Crippen molar-refractivity contribution < 1.29 is 0 Å². The summed E-state index contributed by atoms with van der Waals surface area (Å²) in [6.07, 6.45) is 43.6. The van der Waals surface area contributed by atoms with Crippen LogP contribution < -0.4 is 0 Å². The lowest BCUT2D eigenvalue weighted by Crippen LogP contribution is -2.15. The van der Waals surface area contributed by atoms with Crippen LogP contribution in [0.15, 0.2) is 219 Å². The van der Waals surface area contributed by atoms with E-state index in [2.05, 4.69) is 263 Å². The van der Waals surface area contributed by atoms with E-state index in [1.165, 1.54) is 109 Å². The molecule has 0 aliphatic heterocycles. The number of rotatable bonds is 10. The maximum absolute atomic E-state index is 4.11. The van der Waals surface area contributed by atoms with Gasteiger partial charge in [0.2, 0.25) is 0 Å². The van der Waals surface area contributed by atoms with Gasteiger partial charge in [0.1, 0.15) is 0 Å². The smallest absolute Gasteiger partial charge is 0.00919 e. The Morgan fingerprint density at radius 1 is 0.680 bits per heavy atom. The fourth-order valence-corrected chi connectivity index (χ4v) is 10.5. The third-order valence-corrected chi connectivity index (χ3v) is 14.2. The van der Waals surface area contributed by atoms with Crippen LogP contribution in [0.2, 0.25) is 0 Å². The monoisotopic (exact) mass is 993 g/mol. The molecule has 0 nitrogen and oxygen atoms in total. The number of hydrogen-bond acceptors (Lipinski definition) is 0. The molecule has 0 heterocycles. The molecule has 0 aromatic heterocycles. The van der Waals surface area contributed by atoms with Gasteiger partial charge < -0.3 is 0 Å². The maximum Gasteiger partial charge on any atom is 0.00919 e. The van der Waals surface area contributed by atoms with E-state index in [0.717, 1.165) is 43.6 Å². The van der Waals surface area contributed by atoms with Crippen LogP contribution in [0.1, 0.15) is 172 Å². The van der Waals surface area contributed by atoms with Crippen molar-refractivity contribution in [3.05, 3.63) is 257 Å². The molecule has 0 amide bonds. The molecule has 4 aliphatic rings. The van der Waals surface area contributed by atoms with Crippen molar-refractivity contribution in [1.29, 1.82) is 0 Å². The second-order valence-electron chi connectivity index (χ2n) is 18.7. The van der Waals surface area contributed by atoms with E-state index in [-0.39, 0.29) is 0 Å². The molecule has 0 heteroatoms. The largest absolute Gasteiger partial charge is 0.124 e. The van der Waals surface area contributed by atoms with Gasteiger partial charge in [-0.05, 0) is 169 Å². The van der Waals surface area contributed by atoms with Gasteiger partial charge in [0, 0.05) is 11.8 Å². The Balaban J connectivity index is 0.000000277. The molecule has 75 heavy (non-hydrogen) atoms. The van der Waals surface area contributed by atoms with Crippen molar-refractivity contribution in [2.45, 2.75) is 146 Å². The lowest BCUT2D eigenvalue weighted by atomic mass is 9.77. The third kappa shape index (κ3) is 16.8. The first-order valence-corrected chi connectivity index (χ1v) is 28.2. The fourth-order valence-electron chi connectivity index (χ4n) is 10.5. The summed E-state index contributed by atoms with van der Waals surface area (Å²) < 4.78 is 0. The zero-order valence-electron chi connectivity index (χ0n) is 48.2. The minimum Gasteiger partial charge on any atom is -0.124 e. The Labute approximate surface area is 458 Å². The highest BCUT2D eigenvalue weighted by atomic mass is 14.3. The van der Waals surface area contributed by atoms with E-state index in [9.17, 15) is 0 Å². The molecule has 0 saturated carbocycles. The van der Waals surface area contributed by atoms with Crippen molar-refractivity contribution in [2.75, 3.05) is 0 Å². The van der Waals surface area contributed by atoms with E-state index in [0.29, 0.717) is 11.8 Å². The molecule has 0 radical (unpaired) electrons. The van der Waals surface area contributed by atoms with Gasteiger partial charge in [0.05, 0.1) is 0 Å². The topological polar surface area (TPSA) is 0 Å². The van der Waals surface area contributed by atoms with Crippen molar-refractivity contribution in [3.8, 4) is 35.1 Å². The molecule has 0 saturated heterocycles. The summed E-state index contributed by atoms with van der Waals surface area (Å²) in [6, 6.07) is 42.4. The molecule has 9 rings (SSSR count). The molecule has 0 spiro atoms. The van der Waals surface area contributed by atoms with Crippen LogP contribution in [-0.2, 0) is 12.8 Å². The molecule has 4 aliphatic carbocycles. The fraction of sp³-hybridized carbons (Fsp3) is 0.307. The number of benzene rings is 5. The van der Waals surface area contributed by atoms with Gasteiger partial charge in [-0.25, -0.2) is 0 Å². The quantitative estimate of drug-likeness (QED) is 0.0743. The summed E-state index contributed by atoms with van der Waals surface area (Å²) >= 11 is 0. The minimum atomic E-state index is 0.515. The Bertz CT molecular complexity index is 2830. The lowest BCUT2D eigenvalue weighted by molar-refractivity contribution is 0.430. The van der Waals surface area contributed by atoms with E-state index >= 15 is 0 Å². The number of allylic oxidation sites excluding steroid dienone is 17. The molecule has 392 valence electrons. The Hall–Kier alpha value is -6.94. The molecule has 0 fully saturated rings. The highest BCUT2D eigenvalue weighted by Crippen LogP contribution is 2.46. The highest BCUT2D eigenvalue weighted by molar-refractivity contribution is 5.91. The van der Waals surface area contributed by atoms with Crippen LogP contribution in [0.4, 0.5) is 0 Å². The average Bonchev–Trinajstić information content (AvgIpc) is 3.70. The standard InChI is InChI=1S/C23H30.2C22H22.2C2H6.C2H4.C2H2/c1-5-8-9-12-20(7-3)21-13-10-11-14-22(21)23-17-19(6-2)16-15-18(23)4;1-15(2)16-11-12-18-13-17-7-3-4-8-19(17)20-9-5-6-10-21(20)22(18)14-16;1-3-5-12-19-17(10-4-2)16-18-11-6-7-13-20(18)22-15-9-8-14-21(19)22;4*1-2/h7,9-16,23H,5-6,8,17H2,1-4H3;4-6,8-12,14,17,19H,1,3,7,13H2,2H3;4-15H,3,16H2,1-2H3;2*1-2H3;1-2H2;1-2H/b12-9-,20-7?;;10-4-,12-5+;;;;. The summed E-state index contributed by atoms with van der Waals surface area (Å²) in [5.41, 5.74) is 23.6. The van der Waals surface area contributed by atoms with Crippen molar-refractivity contribution in [1.82, 2.24) is 0 Å². The summed E-state index contributed by atoms with van der Waals surface area (Å²) in [5.74, 6) is 1.83. The van der Waals surface area contributed by atoms with Gasteiger partial charge in [-0.3, -0.25) is 0 Å². The zero-order chi connectivity index (χ0) is 55.1. The molecular weight excluding hydrogens is 901 g/mol. The molecule has 3 atom stereocenters. The molecule has 3 unspecified atom stereocenters. The molecule has 5 aromatic carbocycles. The van der Waals surface area contributed by atoms with Crippen molar-refractivity contribution in [3.63, 3.8) is 0 Å². The number of terminal acetylenes is 1. The second kappa shape index (κ2) is 34.5. The summed E-state index contributed by atoms with van der Waals surface area (Å²) in [4.78, 5) is 0. The van der Waals surface area contributed by atoms with Gasteiger partial charge in [-0.1, -0.05) is 254 Å². The maximum atomic E-state index is 4.11. The summed E-state index contributed by atoms with van der Waals surface area (Å²) in [7, 11) is 0. The first-order chi connectivity index (χ1) is 36.8. The SMILES string of the molecule is C#C.C=C.C=C(C)c1ccc2c(c1)-c1ccccc1C1C=CCCC1C2.CC.CC.CC=C(/C=C\CCC)c1ccccc1C1CC(CC)=CC=C1C.C\C=C/C1=C(/C=C/CC)c2ccccc2-c2ccccc2C1. The van der Waals surface area contributed by atoms with E-state index in [1.807, 2.05) is 27.7 Å². The predicted molar refractivity (Wildman–Crippen MR) is 339 cm³/mol. The van der Waals surface area contributed by atoms with Crippen LogP contribution in [0.3, 0.4) is 0 Å². The van der Waals surface area contributed by atoms with Crippen LogP contribution >= 0.6 is 0 Å². The first kappa shape index (κ1) is 62.4. The predicted octanol–water partition coefficient (Wildman–Crippen LogP) is 22.5. The molecule has 0 N–H and O–H groups in total. The second-order valence-corrected chi connectivity index (χ2v) is 18.7. The van der Waals surface area contributed by atoms with E-state index in [4.69, 9.17) is 0 Å². The lowest BCUT2D eigenvalue weighted by Gasteiger charge is -2.27. The third-order valence-electron chi connectivity index (χ3n) is 14.2. The number of unbranched alkanes of at least 4 members (excludes halogenated alkanes) is 1. The van der Waals surface area contributed by atoms with Gasteiger partial charge >= 0.3 is 0 Å². The Morgan fingerprint density at radius 2 is 1.32 bits per heavy atom. The number of hydrogen-bond donors (Lipinski definition) is 0. The molecule has 5 aromatic rings. The minimum absolute atomic E-state index is 0.515. The van der Waals surface area contributed by atoms with Gasteiger partial charge in [0.25, 0.3) is 0 Å². The van der Waals surface area contributed by atoms with E-state index in [1.54, 1.807) is 5.57 Å². The average molecular weight is 994 g/mol. The van der Waals surface area contributed by atoms with Crippen LogP contribution in [-0.4, -0.2) is 0 Å². The first-order valence-electron chi connectivity index (χ1n) is 28.2. The molecule has 0 bridgehead atoms. The Morgan fingerprint density at radius 3 is 1.97 bits per heavy atom. The normalized spacial score (nSPS) is 16.8. The summed E-state index contributed by atoms with van der Waals surface area (Å²) in [6.45, 7) is 33.4. The Kier molecular flexibility index (Phi) is 28.7.